The lowest BCUT2D eigenvalue weighted by Crippen LogP contribution is -2.34. The van der Waals surface area contributed by atoms with Crippen LogP contribution < -0.4 is 16.4 Å². The zero-order valence-corrected chi connectivity index (χ0v) is 10.8. The number of benzene rings is 1. The zero-order valence-electron chi connectivity index (χ0n) is 10.1. The number of nitrogens with two attached hydrogens (primary N) is 1. The zero-order chi connectivity index (χ0) is 13.1. The Kier molecular flexibility index (Phi) is 4.06. The third kappa shape index (κ3) is 2.58. The molecule has 0 aromatic heterocycles. The maximum absolute atomic E-state index is 11.4. The van der Waals surface area contributed by atoms with Gasteiger partial charge in [0.25, 0.3) is 5.91 Å². The highest BCUT2D eigenvalue weighted by Gasteiger charge is 2.27. The minimum atomic E-state index is -0.539. The van der Waals surface area contributed by atoms with E-state index in [2.05, 4.69) is 10.6 Å². The van der Waals surface area contributed by atoms with Crippen molar-refractivity contribution in [3.63, 3.8) is 0 Å². The highest BCUT2D eigenvalue weighted by molar-refractivity contribution is 6.34. The summed E-state index contributed by atoms with van der Waals surface area (Å²) in [5, 5.41) is 6.83. The van der Waals surface area contributed by atoms with Gasteiger partial charge in [0, 0.05) is 25.9 Å². The summed E-state index contributed by atoms with van der Waals surface area (Å²) in [6, 6.07) is 5.30. The van der Waals surface area contributed by atoms with Crippen molar-refractivity contribution in [2.75, 3.05) is 25.5 Å². The lowest BCUT2D eigenvalue weighted by Gasteiger charge is -2.21. The molecule has 0 aliphatic carbocycles. The monoisotopic (exact) mass is 269 g/mol. The van der Waals surface area contributed by atoms with E-state index in [1.54, 1.807) is 25.3 Å². The Hall–Kier alpha value is -1.30. The number of ether oxygens (including phenoxy) is 1. The Bertz CT molecular complexity index is 453. The van der Waals surface area contributed by atoms with Gasteiger partial charge in [-0.05, 0) is 12.1 Å². The fourth-order valence-electron chi connectivity index (χ4n) is 2.14. The third-order valence-electron chi connectivity index (χ3n) is 3.06. The summed E-state index contributed by atoms with van der Waals surface area (Å²) in [4.78, 5) is 11.4. The minimum Gasteiger partial charge on any atom is -0.378 e. The lowest BCUT2D eigenvalue weighted by molar-refractivity contribution is 0.0999. The van der Waals surface area contributed by atoms with Crippen LogP contribution in [0.15, 0.2) is 18.2 Å². The van der Waals surface area contributed by atoms with Crippen LogP contribution in [0.1, 0.15) is 10.4 Å². The summed E-state index contributed by atoms with van der Waals surface area (Å²) in [5.74, 6) is -0.539. The van der Waals surface area contributed by atoms with Crippen LogP contribution in [0, 0.1) is 0 Å². The van der Waals surface area contributed by atoms with Gasteiger partial charge in [-0.3, -0.25) is 4.79 Å². The highest BCUT2D eigenvalue weighted by atomic mass is 35.5. The summed E-state index contributed by atoms with van der Waals surface area (Å²) >= 11 is 5.99. The second-order valence-electron chi connectivity index (χ2n) is 4.21. The van der Waals surface area contributed by atoms with E-state index < -0.39 is 5.91 Å². The number of carbonyl (C=O) groups is 1. The van der Waals surface area contributed by atoms with E-state index in [9.17, 15) is 4.79 Å². The topological polar surface area (TPSA) is 76.4 Å². The van der Waals surface area contributed by atoms with Crippen molar-refractivity contribution in [2.45, 2.75) is 12.1 Å². The van der Waals surface area contributed by atoms with Crippen molar-refractivity contribution in [2.24, 2.45) is 5.73 Å². The summed E-state index contributed by atoms with van der Waals surface area (Å²) in [6.07, 6.45) is 0.0599. The molecule has 1 aliphatic heterocycles. The largest absolute Gasteiger partial charge is 0.378 e. The normalized spacial score (nSPS) is 23.0. The predicted octanol–water partition coefficient (Wildman–Crippen LogP) is 0.838. The molecule has 4 N–H and O–H groups in total. The number of primary amides is 1. The fraction of sp³-hybridized carbons (Fsp3) is 0.417. The molecule has 1 fully saturated rings. The molecule has 0 bridgehead atoms. The van der Waals surface area contributed by atoms with Gasteiger partial charge in [0.2, 0.25) is 0 Å². The molecule has 0 saturated carbocycles. The number of rotatable bonds is 4. The van der Waals surface area contributed by atoms with Crippen LogP contribution in [0.2, 0.25) is 5.02 Å². The number of hydrogen-bond donors (Lipinski definition) is 3. The van der Waals surface area contributed by atoms with Crippen molar-refractivity contribution in [1.29, 1.82) is 0 Å². The van der Waals surface area contributed by atoms with Crippen molar-refractivity contribution in [3.05, 3.63) is 28.8 Å². The molecule has 1 unspecified atom stereocenters. The molecular formula is C12H16ClN3O2. The molecule has 2 atom stereocenters. The van der Waals surface area contributed by atoms with Gasteiger partial charge in [0.05, 0.1) is 22.7 Å². The maximum Gasteiger partial charge on any atom is 0.252 e. The van der Waals surface area contributed by atoms with Crippen LogP contribution in [0.4, 0.5) is 5.69 Å². The van der Waals surface area contributed by atoms with Crippen LogP contribution in [0.5, 0.6) is 0 Å². The SMILES string of the molecule is CO[C@H]1CNCC1Nc1cccc(Cl)c1C(N)=O. The molecule has 5 nitrogen and oxygen atoms in total. The number of carbonyl (C=O) groups excluding carboxylic acids is 1. The number of halogens is 1. The minimum absolute atomic E-state index is 0.0599. The first kappa shape index (κ1) is 13.1. The van der Waals surface area contributed by atoms with Gasteiger partial charge in [-0.15, -0.1) is 0 Å². The van der Waals surface area contributed by atoms with E-state index in [0.717, 1.165) is 13.1 Å². The number of methoxy groups -OCH3 is 1. The molecule has 1 amide bonds. The number of amides is 1. The van der Waals surface area contributed by atoms with Crippen LogP contribution >= 0.6 is 11.6 Å². The van der Waals surface area contributed by atoms with E-state index in [4.69, 9.17) is 22.1 Å². The van der Waals surface area contributed by atoms with Crippen molar-refractivity contribution >= 4 is 23.2 Å². The van der Waals surface area contributed by atoms with Crippen LogP contribution in [0.3, 0.4) is 0 Å². The predicted molar refractivity (Wildman–Crippen MR) is 71.0 cm³/mol. The number of nitrogens with one attached hydrogen (secondary N) is 2. The Morgan fingerprint density at radius 3 is 3.00 bits per heavy atom. The summed E-state index contributed by atoms with van der Waals surface area (Å²) in [7, 11) is 1.67. The molecule has 98 valence electrons. The van der Waals surface area contributed by atoms with Crippen molar-refractivity contribution < 1.29 is 9.53 Å². The molecule has 1 aromatic rings. The van der Waals surface area contributed by atoms with Gasteiger partial charge in [-0.25, -0.2) is 0 Å². The van der Waals surface area contributed by atoms with E-state index in [1.807, 2.05) is 0 Å². The molecule has 18 heavy (non-hydrogen) atoms. The third-order valence-corrected chi connectivity index (χ3v) is 3.38. The van der Waals surface area contributed by atoms with Crippen LogP contribution in [-0.2, 0) is 4.74 Å². The first-order valence-corrected chi connectivity index (χ1v) is 6.09. The first-order chi connectivity index (χ1) is 8.63. The summed E-state index contributed by atoms with van der Waals surface area (Å²) in [6.45, 7) is 1.55. The fourth-order valence-corrected chi connectivity index (χ4v) is 2.41. The van der Waals surface area contributed by atoms with Gasteiger partial charge in [0.15, 0.2) is 0 Å². The Morgan fingerprint density at radius 2 is 2.33 bits per heavy atom. The summed E-state index contributed by atoms with van der Waals surface area (Å²) < 4.78 is 5.35. The number of hydrogen-bond acceptors (Lipinski definition) is 4. The molecule has 0 radical (unpaired) electrons. The lowest BCUT2D eigenvalue weighted by atomic mass is 10.1. The van der Waals surface area contributed by atoms with Gasteiger partial charge in [-0.1, -0.05) is 17.7 Å². The van der Waals surface area contributed by atoms with Crippen molar-refractivity contribution in [1.82, 2.24) is 5.32 Å². The Morgan fingerprint density at radius 1 is 1.56 bits per heavy atom. The summed E-state index contributed by atoms with van der Waals surface area (Å²) in [5.41, 5.74) is 6.31. The second-order valence-corrected chi connectivity index (χ2v) is 4.62. The smallest absolute Gasteiger partial charge is 0.252 e. The second kappa shape index (κ2) is 5.56. The molecule has 0 spiro atoms. The van der Waals surface area contributed by atoms with Gasteiger partial charge in [0.1, 0.15) is 0 Å². The van der Waals surface area contributed by atoms with E-state index in [1.165, 1.54) is 0 Å². The van der Waals surface area contributed by atoms with Crippen LogP contribution in [0.25, 0.3) is 0 Å². The Balaban J connectivity index is 2.23. The Labute approximate surface area is 111 Å². The average molecular weight is 270 g/mol. The van der Waals surface area contributed by atoms with Gasteiger partial charge in [-0.2, -0.15) is 0 Å². The highest BCUT2D eigenvalue weighted by Crippen LogP contribution is 2.25. The molecule has 1 saturated heterocycles. The molecular weight excluding hydrogens is 254 g/mol. The molecule has 1 aliphatic rings. The maximum atomic E-state index is 11.4. The molecule has 2 rings (SSSR count). The average Bonchev–Trinajstić information content (AvgIpc) is 2.76. The molecule has 6 heteroatoms. The van der Waals surface area contributed by atoms with E-state index in [-0.39, 0.29) is 12.1 Å². The van der Waals surface area contributed by atoms with Crippen molar-refractivity contribution in [3.8, 4) is 0 Å². The van der Waals surface area contributed by atoms with E-state index >= 15 is 0 Å². The molecule has 1 aromatic carbocycles. The first-order valence-electron chi connectivity index (χ1n) is 5.72. The quantitative estimate of drug-likeness (QED) is 0.757. The standard InChI is InChI=1S/C12H16ClN3O2/c1-18-10-6-15-5-9(10)16-8-4-2-3-7(13)11(8)12(14)17/h2-4,9-10,15-16H,5-6H2,1H3,(H2,14,17)/t9?,10-/m0/s1. The molecule has 1 heterocycles. The van der Waals surface area contributed by atoms with Crippen LogP contribution in [-0.4, -0.2) is 38.3 Å². The van der Waals surface area contributed by atoms with Gasteiger partial charge < -0.3 is 21.1 Å². The number of anilines is 1. The van der Waals surface area contributed by atoms with Gasteiger partial charge >= 0.3 is 0 Å². The van der Waals surface area contributed by atoms with E-state index in [0.29, 0.717) is 16.3 Å².